The topological polar surface area (TPSA) is 237 Å². The molecule has 0 rings (SSSR count). The summed E-state index contributed by atoms with van der Waals surface area (Å²) in [7, 11) is -9.92. The van der Waals surface area contributed by atoms with Crippen molar-refractivity contribution < 1.29 is 80.2 Å². The van der Waals surface area contributed by atoms with Crippen molar-refractivity contribution in [2.24, 2.45) is 23.7 Å². The SMILES string of the molecule is CC(C)CCCCCCCCCCCCCCCCCCCCC(=O)O[C@H](COC(=O)CCCCCCCCCC(C)C)COP(=O)(O)OCC(O)COP(=O)(O)OC[C@@H](COC(=O)CCCCCCCCCCCCCCC(C)C)OC(=O)CCCCCCCCCCCC(C)C. The standard InChI is InChI=1S/C79H154O17P2/c1-69(2)55-47-39-31-24-19-15-13-11-9-10-12-14-16-22-28-36-45-53-61-78(83)95-75(66-90-77(82)60-52-44-38-30-34-42-50-58-72(7)8)68-94-98(87,88)92-64-73(80)63-91-97(85,86)93-67-74(96-79(84)62-54-46-37-29-23-26-33-41-49-57-71(5)6)65-89-76(81)59-51-43-35-27-21-18-17-20-25-32-40-48-56-70(3)4/h69-75,80H,9-68H2,1-8H3,(H,85,86)(H,87,88)/t73?,74-,75-/m1/s1. The van der Waals surface area contributed by atoms with Crippen molar-refractivity contribution >= 4 is 39.5 Å². The molecule has 17 nitrogen and oxygen atoms in total. The molecular weight excluding hydrogens is 1280 g/mol. The van der Waals surface area contributed by atoms with Crippen LogP contribution in [0.3, 0.4) is 0 Å². The van der Waals surface area contributed by atoms with E-state index in [1.807, 2.05) is 0 Å². The minimum absolute atomic E-state index is 0.105. The Morgan fingerprint density at radius 3 is 0.633 bits per heavy atom. The van der Waals surface area contributed by atoms with Gasteiger partial charge in [0.1, 0.15) is 19.3 Å². The van der Waals surface area contributed by atoms with Gasteiger partial charge in [-0.1, -0.05) is 351 Å². The van der Waals surface area contributed by atoms with Gasteiger partial charge in [0.05, 0.1) is 26.4 Å². The Morgan fingerprint density at radius 1 is 0.255 bits per heavy atom. The molecule has 98 heavy (non-hydrogen) atoms. The molecule has 0 aliphatic rings. The summed E-state index contributed by atoms with van der Waals surface area (Å²) >= 11 is 0. The van der Waals surface area contributed by atoms with Gasteiger partial charge in [0, 0.05) is 25.7 Å². The first-order valence-electron chi connectivity index (χ1n) is 40.7. The van der Waals surface area contributed by atoms with Crippen molar-refractivity contribution in [3.05, 3.63) is 0 Å². The van der Waals surface area contributed by atoms with E-state index in [-0.39, 0.29) is 25.7 Å². The number of hydrogen-bond acceptors (Lipinski definition) is 15. The van der Waals surface area contributed by atoms with Crippen LogP contribution >= 0.6 is 15.6 Å². The fourth-order valence-electron chi connectivity index (χ4n) is 12.1. The summed E-state index contributed by atoms with van der Waals surface area (Å²) in [5, 5.41) is 10.6. The van der Waals surface area contributed by atoms with Crippen molar-refractivity contribution in [3.8, 4) is 0 Å². The van der Waals surface area contributed by atoms with Crippen LogP contribution in [-0.2, 0) is 65.4 Å². The average Bonchev–Trinajstić information content (AvgIpc) is 1.01. The summed E-state index contributed by atoms with van der Waals surface area (Å²) in [6, 6.07) is 0. The fraction of sp³-hybridized carbons (Fsp3) is 0.949. The molecular formula is C79H154O17P2. The van der Waals surface area contributed by atoms with Crippen LogP contribution in [-0.4, -0.2) is 96.7 Å². The number of carbonyl (C=O) groups is 4. The van der Waals surface area contributed by atoms with Crippen molar-refractivity contribution in [3.63, 3.8) is 0 Å². The van der Waals surface area contributed by atoms with E-state index in [4.69, 9.17) is 37.0 Å². The number of ether oxygens (including phenoxy) is 4. The fourth-order valence-corrected chi connectivity index (χ4v) is 13.7. The molecule has 0 saturated heterocycles. The molecule has 0 fully saturated rings. The second-order valence-corrected chi connectivity index (χ2v) is 33.3. The second kappa shape index (κ2) is 68.2. The Balaban J connectivity index is 5.19. The molecule has 0 aliphatic carbocycles. The molecule has 0 amide bonds. The third kappa shape index (κ3) is 72.4. The van der Waals surface area contributed by atoms with Gasteiger partial charge in [0.15, 0.2) is 12.2 Å². The predicted octanol–water partition coefficient (Wildman–Crippen LogP) is 23.2. The Hall–Kier alpha value is -1.94. The summed E-state index contributed by atoms with van der Waals surface area (Å²) in [5.74, 6) is 0.925. The number of aliphatic hydroxyl groups excluding tert-OH is 1. The lowest BCUT2D eigenvalue weighted by Crippen LogP contribution is -2.30. The molecule has 3 unspecified atom stereocenters. The van der Waals surface area contributed by atoms with Gasteiger partial charge in [-0.3, -0.25) is 37.3 Å². The van der Waals surface area contributed by atoms with Crippen molar-refractivity contribution in [2.75, 3.05) is 39.6 Å². The van der Waals surface area contributed by atoms with E-state index in [9.17, 15) is 43.2 Å². The van der Waals surface area contributed by atoms with E-state index in [0.29, 0.717) is 31.6 Å². The molecule has 0 aromatic rings. The number of phosphoric ester groups is 2. The summed E-state index contributed by atoms with van der Waals surface area (Å²) in [4.78, 5) is 72.9. The molecule has 0 aliphatic heterocycles. The Morgan fingerprint density at radius 2 is 0.429 bits per heavy atom. The normalized spacial score (nSPS) is 14.1. The first-order valence-corrected chi connectivity index (χ1v) is 43.7. The number of aliphatic hydroxyl groups is 1. The zero-order valence-electron chi connectivity index (χ0n) is 64.4. The first kappa shape index (κ1) is 96.1. The van der Waals surface area contributed by atoms with Crippen LogP contribution < -0.4 is 0 Å². The van der Waals surface area contributed by atoms with Crippen LogP contribution in [0.2, 0.25) is 0 Å². The molecule has 0 aromatic heterocycles. The van der Waals surface area contributed by atoms with Gasteiger partial charge in [-0.25, -0.2) is 9.13 Å². The molecule has 0 bridgehead atoms. The number of phosphoric acid groups is 2. The smallest absolute Gasteiger partial charge is 0.462 e. The largest absolute Gasteiger partial charge is 0.472 e. The van der Waals surface area contributed by atoms with Crippen molar-refractivity contribution in [1.82, 2.24) is 0 Å². The van der Waals surface area contributed by atoms with Crippen LogP contribution in [0.15, 0.2) is 0 Å². The quantitative estimate of drug-likeness (QED) is 0.0222. The lowest BCUT2D eigenvalue weighted by atomic mass is 10.0. The molecule has 19 heteroatoms. The molecule has 3 N–H and O–H groups in total. The number of esters is 4. The molecule has 0 saturated carbocycles. The summed E-state index contributed by atoms with van der Waals surface area (Å²) in [6.45, 7) is 14.2. The van der Waals surface area contributed by atoms with E-state index in [1.54, 1.807) is 0 Å². The highest BCUT2D eigenvalue weighted by molar-refractivity contribution is 7.47. The summed E-state index contributed by atoms with van der Waals surface area (Å²) in [6.07, 6.45) is 54.3. The number of unbranched alkanes of at least 4 members (excludes halogenated alkanes) is 42. The van der Waals surface area contributed by atoms with Gasteiger partial charge in [-0.05, 0) is 49.4 Å². The van der Waals surface area contributed by atoms with Gasteiger partial charge in [-0.15, -0.1) is 0 Å². The van der Waals surface area contributed by atoms with Crippen LogP contribution in [0.1, 0.15) is 402 Å². The van der Waals surface area contributed by atoms with Gasteiger partial charge in [0.2, 0.25) is 0 Å². The van der Waals surface area contributed by atoms with Gasteiger partial charge < -0.3 is 33.8 Å². The first-order chi connectivity index (χ1) is 47.1. The number of hydrogen-bond donors (Lipinski definition) is 3. The van der Waals surface area contributed by atoms with Crippen molar-refractivity contribution in [2.45, 2.75) is 420 Å². The van der Waals surface area contributed by atoms with Crippen LogP contribution in [0, 0.1) is 23.7 Å². The maximum atomic E-state index is 13.1. The lowest BCUT2D eigenvalue weighted by molar-refractivity contribution is -0.161. The van der Waals surface area contributed by atoms with E-state index in [1.165, 1.54) is 199 Å². The molecule has 0 aromatic carbocycles. The molecule has 0 heterocycles. The maximum Gasteiger partial charge on any atom is 0.472 e. The molecule has 582 valence electrons. The highest BCUT2D eigenvalue weighted by Gasteiger charge is 2.30. The number of rotatable bonds is 76. The summed E-state index contributed by atoms with van der Waals surface area (Å²) < 4.78 is 68.6. The Kier molecular flexibility index (Phi) is 66.8. The zero-order valence-corrected chi connectivity index (χ0v) is 66.2. The third-order valence-electron chi connectivity index (χ3n) is 18.3. The highest BCUT2D eigenvalue weighted by atomic mass is 31.2. The van der Waals surface area contributed by atoms with Gasteiger partial charge in [0.25, 0.3) is 0 Å². The van der Waals surface area contributed by atoms with Crippen LogP contribution in [0.4, 0.5) is 0 Å². The predicted molar refractivity (Wildman–Crippen MR) is 400 cm³/mol. The number of carbonyl (C=O) groups excluding carboxylic acids is 4. The third-order valence-corrected chi connectivity index (χ3v) is 20.2. The van der Waals surface area contributed by atoms with Gasteiger partial charge in [-0.2, -0.15) is 0 Å². The summed E-state index contributed by atoms with van der Waals surface area (Å²) in [5.41, 5.74) is 0. The van der Waals surface area contributed by atoms with E-state index in [0.717, 1.165) is 114 Å². The van der Waals surface area contributed by atoms with E-state index < -0.39 is 97.5 Å². The zero-order chi connectivity index (χ0) is 72.4. The molecule has 0 radical (unpaired) electrons. The van der Waals surface area contributed by atoms with E-state index in [2.05, 4.69) is 55.4 Å². The van der Waals surface area contributed by atoms with Crippen LogP contribution in [0.5, 0.6) is 0 Å². The minimum atomic E-state index is -4.96. The lowest BCUT2D eigenvalue weighted by Gasteiger charge is -2.21. The minimum Gasteiger partial charge on any atom is -0.462 e. The van der Waals surface area contributed by atoms with E-state index >= 15 is 0 Å². The second-order valence-electron chi connectivity index (χ2n) is 30.4. The average molecular weight is 1440 g/mol. The van der Waals surface area contributed by atoms with Gasteiger partial charge >= 0.3 is 39.5 Å². The van der Waals surface area contributed by atoms with Crippen molar-refractivity contribution in [1.29, 1.82) is 0 Å². The van der Waals surface area contributed by atoms with Crippen LogP contribution in [0.25, 0.3) is 0 Å². The Bertz CT molecular complexity index is 1920. The highest BCUT2D eigenvalue weighted by Crippen LogP contribution is 2.45. The maximum absolute atomic E-state index is 13.1. The Labute approximate surface area is 600 Å². The molecule has 0 spiro atoms. The molecule has 5 atom stereocenters. The monoisotopic (exact) mass is 1440 g/mol.